The summed E-state index contributed by atoms with van der Waals surface area (Å²) in [5.41, 5.74) is 6.30. The summed E-state index contributed by atoms with van der Waals surface area (Å²) >= 11 is 7.90. The second-order valence-corrected chi connectivity index (χ2v) is 9.55. The molecule has 0 amide bonds. The first-order valence-electron chi connectivity index (χ1n) is 10.8. The number of aryl methyl sites for hydroxylation is 1. The third-order valence-corrected chi connectivity index (χ3v) is 6.99. The van der Waals surface area contributed by atoms with Crippen LogP contribution in [-0.4, -0.2) is 4.98 Å². The standard InChI is InChI=1S/C29H22ClNOS/c1-19-4-6-20(7-5-19)8-9-22-18-28(32)31-26-15-12-23(17-25(22)26)29(27-3-2-16-33-27)21-10-13-24(30)14-11-21/h2-18,29H,1H3,(H,31,32). The molecule has 2 aromatic heterocycles. The maximum atomic E-state index is 12.3. The molecule has 2 nitrogen and oxygen atoms in total. The summed E-state index contributed by atoms with van der Waals surface area (Å²) in [6, 6.07) is 28.6. The average Bonchev–Trinajstić information content (AvgIpc) is 3.34. The summed E-state index contributed by atoms with van der Waals surface area (Å²) in [6.07, 6.45) is 4.07. The van der Waals surface area contributed by atoms with E-state index in [0.29, 0.717) is 0 Å². The number of fused-ring (bicyclic) bond motifs is 1. The minimum absolute atomic E-state index is 0.0903. The Hall–Kier alpha value is -3.40. The number of aromatic nitrogens is 1. The molecular formula is C29H22ClNOS. The zero-order valence-corrected chi connectivity index (χ0v) is 19.7. The molecule has 0 aliphatic rings. The van der Waals surface area contributed by atoms with E-state index in [4.69, 9.17) is 11.6 Å². The Bertz CT molecular complexity index is 1480. The van der Waals surface area contributed by atoms with E-state index in [1.807, 2.05) is 24.3 Å². The second kappa shape index (κ2) is 9.22. The monoisotopic (exact) mass is 467 g/mol. The van der Waals surface area contributed by atoms with Gasteiger partial charge in [-0.3, -0.25) is 4.79 Å². The fourth-order valence-electron chi connectivity index (χ4n) is 4.11. The Morgan fingerprint density at radius 3 is 2.36 bits per heavy atom. The lowest BCUT2D eigenvalue weighted by Crippen LogP contribution is -2.06. The molecule has 0 spiro atoms. The van der Waals surface area contributed by atoms with E-state index in [1.54, 1.807) is 17.4 Å². The summed E-state index contributed by atoms with van der Waals surface area (Å²) in [5.74, 6) is 0.0903. The normalized spacial score (nSPS) is 12.4. The van der Waals surface area contributed by atoms with Gasteiger partial charge in [0.05, 0.1) is 0 Å². The van der Waals surface area contributed by atoms with Crippen LogP contribution in [0.1, 0.15) is 38.6 Å². The van der Waals surface area contributed by atoms with Crippen LogP contribution in [0.3, 0.4) is 0 Å². The van der Waals surface area contributed by atoms with E-state index in [0.717, 1.165) is 27.1 Å². The van der Waals surface area contributed by atoms with Crippen LogP contribution in [0.5, 0.6) is 0 Å². The van der Waals surface area contributed by atoms with Gasteiger partial charge in [0.25, 0.3) is 0 Å². The Morgan fingerprint density at radius 2 is 1.64 bits per heavy atom. The van der Waals surface area contributed by atoms with Gasteiger partial charge in [-0.05, 0) is 64.9 Å². The van der Waals surface area contributed by atoms with Crippen molar-refractivity contribution in [3.63, 3.8) is 0 Å². The Balaban J connectivity index is 1.63. The lowest BCUT2D eigenvalue weighted by Gasteiger charge is -2.18. The van der Waals surface area contributed by atoms with Crippen LogP contribution in [0.2, 0.25) is 5.02 Å². The molecule has 0 saturated carbocycles. The molecule has 5 aromatic rings. The Kier molecular flexibility index (Phi) is 5.99. The molecule has 162 valence electrons. The number of thiophene rings is 1. The van der Waals surface area contributed by atoms with Gasteiger partial charge in [-0.1, -0.05) is 77.8 Å². The molecule has 2 heterocycles. The highest BCUT2D eigenvalue weighted by atomic mass is 35.5. The van der Waals surface area contributed by atoms with E-state index in [-0.39, 0.29) is 11.5 Å². The summed E-state index contributed by atoms with van der Waals surface area (Å²) in [4.78, 5) is 16.6. The minimum atomic E-state index is -0.105. The van der Waals surface area contributed by atoms with Crippen LogP contribution in [0.4, 0.5) is 0 Å². The summed E-state index contributed by atoms with van der Waals surface area (Å²) in [7, 11) is 0. The maximum Gasteiger partial charge on any atom is 0.249 e. The van der Waals surface area contributed by atoms with E-state index in [1.165, 1.54) is 21.6 Å². The predicted octanol–water partition coefficient (Wildman–Crippen LogP) is 7.90. The molecule has 0 aliphatic heterocycles. The van der Waals surface area contributed by atoms with Crippen LogP contribution in [0.15, 0.2) is 95.1 Å². The molecule has 0 radical (unpaired) electrons. The summed E-state index contributed by atoms with van der Waals surface area (Å²) in [6.45, 7) is 2.07. The van der Waals surface area contributed by atoms with E-state index >= 15 is 0 Å². The number of aromatic amines is 1. The van der Waals surface area contributed by atoms with Gasteiger partial charge in [-0.15, -0.1) is 11.3 Å². The number of halogens is 1. The van der Waals surface area contributed by atoms with Gasteiger partial charge in [-0.2, -0.15) is 0 Å². The first-order valence-corrected chi connectivity index (χ1v) is 12.0. The van der Waals surface area contributed by atoms with Crippen LogP contribution in [-0.2, 0) is 0 Å². The van der Waals surface area contributed by atoms with Gasteiger partial charge in [0.1, 0.15) is 0 Å². The van der Waals surface area contributed by atoms with E-state index < -0.39 is 0 Å². The smallest absolute Gasteiger partial charge is 0.249 e. The number of hydrogen-bond acceptors (Lipinski definition) is 2. The first-order chi connectivity index (χ1) is 16.1. The lowest BCUT2D eigenvalue weighted by atomic mass is 9.88. The van der Waals surface area contributed by atoms with Gasteiger partial charge in [-0.25, -0.2) is 0 Å². The summed E-state index contributed by atoms with van der Waals surface area (Å²) in [5, 5.41) is 3.85. The number of pyridine rings is 1. The van der Waals surface area contributed by atoms with Crippen LogP contribution < -0.4 is 5.56 Å². The number of rotatable bonds is 5. The van der Waals surface area contributed by atoms with E-state index in [2.05, 4.69) is 84.0 Å². The first kappa shape index (κ1) is 21.4. The van der Waals surface area contributed by atoms with Crippen molar-refractivity contribution in [2.75, 3.05) is 0 Å². The topological polar surface area (TPSA) is 32.9 Å². The van der Waals surface area contributed by atoms with Crippen LogP contribution in [0.25, 0.3) is 23.1 Å². The molecule has 1 atom stereocenters. The SMILES string of the molecule is Cc1ccc(C=Cc2cc(=O)[nH]c3ccc(C(c4ccc(Cl)cc4)c4cccs4)cc23)cc1. The van der Waals surface area contributed by atoms with Gasteiger partial charge in [0.15, 0.2) is 0 Å². The number of hydrogen-bond donors (Lipinski definition) is 1. The summed E-state index contributed by atoms with van der Waals surface area (Å²) < 4.78 is 0. The predicted molar refractivity (Wildman–Crippen MR) is 141 cm³/mol. The molecular weight excluding hydrogens is 446 g/mol. The maximum absolute atomic E-state index is 12.3. The number of benzene rings is 3. The molecule has 3 aromatic carbocycles. The fourth-order valence-corrected chi connectivity index (χ4v) is 5.12. The Morgan fingerprint density at radius 1 is 0.879 bits per heavy atom. The van der Waals surface area contributed by atoms with Crippen LogP contribution in [0, 0.1) is 6.92 Å². The molecule has 0 aliphatic carbocycles. The molecule has 33 heavy (non-hydrogen) atoms. The van der Waals surface area contributed by atoms with Crippen molar-refractivity contribution in [1.29, 1.82) is 0 Å². The minimum Gasteiger partial charge on any atom is -0.322 e. The molecule has 1 unspecified atom stereocenters. The third-order valence-electron chi connectivity index (χ3n) is 5.80. The van der Waals surface area contributed by atoms with Crippen molar-refractivity contribution in [1.82, 2.24) is 4.98 Å². The van der Waals surface area contributed by atoms with Crippen molar-refractivity contribution in [3.05, 3.63) is 138 Å². The molecule has 4 heteroatoms. The van der Waals surface area contributed by atoms with Crippen LogP contribution >= 0.6 is 22.9 Å². The van der Waals surface area contributed by atoms with E-state index in [9.17, 15) is 4.79 Å². The van der Waals surface area contributed by atoms with Crippen molar-refractivity contribution in [2.45, 2.75) is 12.8 Å². The fraction of sp³-hybridized carbons (Fsp3) is 0.0690. The van der Waals surface area contributed by atoms with Crippen molar-refractivity contribution in [3.8, 4) is 0 Å². The molecule has 5 rings (SSSR count). The Labute approximate surface area is 201 Å². The zero-order valence-electron chi connectivity index (χ0n) is 18.1. The third kappa shape index (κ3) is 4.70. The largest absolute Gasteiger partial charge is 0.322 e. The number of H-pyrrole nitrogens is 1. The van der Waals surface area contributed by atoms with Crippen molar-refractivity contribution >= 4 is 46.0 Å². The molecule has 0 fully saturated rings. The molecule has 1 N–H and O–H groups in total. The van der Waals surface area contributed by atoms with Gasteiger partial charge >= 0.3 is 0 Å². The highest BCUT2D eigenvalue weighted by Gasteiger charge is 2.19. The lowest BCUT2D eigenvalue weighted by molar-refractivity contribution is 1.01. The quantitative estimate of drug-likeness (QED) is 0.280. The molecule has 0 saturated heterocycles. The van der Waals surface area contributed by atoms with Gasteiger partial charge in [0, 0.05) is 32.8 Å². The molecule has 0 bridgehead atoms. The second-order valence-electron chi connectivity index (χ2n) is 8.14. The highest BCUT2D eigenvalue weighted by Crippen LogP contribution is 2.36. The highest BCUT2D eigenvalue weighted by molar-refractivity contribution is 7.10. The van der Waals surface area contributed by atoms with Crippen molar-refractivity contribution in [2.24, 2.45) is 0 Å². The van der Waals surface area contributed by atoms with Gasteiger partial charge in [0.2, 0.25) is 5.56 Å². The number of nitrogens with one attached hydrogen (secondary N) is 1. The van der Waals surface area contributed by atoms with Crippen molar-refractivity contribution < 1.29 is 0 Å². The van der Waals surface area contributed by atoms with Gasteiger partial charge < -0.3 is 4.98 Å². The average molecular weight is 468 g/mol. The zero-order chi connectivity index (χ0) is 22.8.